The van der Waals surface area contributed by atoms with Gasteiger partial charge in [0.25, 0.3) is 0 Å². The van der Waals surface area contributed by atoms with Crippen molar-refractivity contribution >= 4 is 5.57 Å². The van der Waals surface area contributed by atoms with Gasteiger partial charge in [-0.15, -0.1) is 0 Å². The van der Waals surface area contributed by atoms with Gasteiger partial charge >= 0.3 is 0 Å². The summed E-state index contributed by atoms with van der Waals surface area (Å²) >= 11 is 0. The van der Waals surface area contributed by atoms with Crippen molar-refractivity contribution in [2.75, 3.05) is 0 Å². The molecule has 23 heavy (non-hydrogen) atoms. The molecular formula is C21H28F2. The zero-order valence-electron chi connectivity index (χ0n) is 14.7. The third kappa shape index (κ3) is 4.76. The van der Waals surface area contributed by atoms with Crippen LogP contribution in [0.1, 0.15) is 70.4 Å². The molecule has 0 saturated heterocycles. The number of hydrogen-bond donors (Lipinski definition) is 0. The normalized spacial score (nSPS) is 23.9. The molecule has 0 bridgehead atoms. The first-order valence-corrected chi connectivity index (χ1v) is 8.64. The molecule has 1 aliphatic carbocycles. The SMILES string of the molecule is C/C=C(\C=C(\F)C(C)(C)F)c1ccc(C2CCC(C)CC2)cc1. The molecule has 0 aromatic heterocycles. The zero-order valence-corrected chi connectivity index (χ0v) is 14.7. The molecule has 0 unspecified atom stereocenters. The minimum Gasteiger partial charge on any atom is -0.237 e. The van der Waals surface area contributed by atoms with Gasteiger partial charge in [-0.25, -0.2) is 8.78 Å². The number of hydrogen-bond acceptors (Lipinski definition) is 0. The van der Waals surface area contributed by atoms with Crippen LogP contribution in [0.25, 0.3) is 5.57 Å². The van der Waals surface area contributed by atoms with E-state index >= 15 is 0 Å². The van der Waals surface area contributed by atoms with Crippen LogP contribution in [-0.2, 0) is 0 Å². The molecule has 0 aliphatic heterocycles. The Morgan fingerprint density at radius 3 is 2.13 bits per heavy atom. The van der Waals surface area contributed by atoms with Crippen LogP contribution in [-0.4, -0.2) is 5.67 Å². The average Bonchev–Trinajstić information content (AvgIpc) is 2.52. The summed E-state index contributed by atoms with van der Waals surface area (Å²) in [6.45, 7) is 6.64. The lowest BCUT2D eigenvalue weighted by molar-refractivity contribution is 0.224. The van der Waals surface area contributed by atoms with E-state index in [1.807, 2.05) is 25.1 Å². The van der Waals surface area contributed by atoms with Gasteiger partial charge in [0.05, 0.1) is 0 Å². The maximum absolute atomic E-state index is 13.9. The van der Waals surface area contributed by atoms with E-state index < -0.39 is 11.5 Å². The van der Waals surface area contributed by atoms with E-state index in [-0.39, 0.29) is 0 Å². The molecule has 0 radical (unpaired) electrons. The van der Waals surface area contributed by atoms with Crippen molar-refractivity contribution < 1.29 is 8.78 Å². The lowest BCUT2D eigenvalue weighted by Crippen LogP contribution is -2.12. The quantitative estimate of drug-likeness (QED) is 0.525. The first-order chi connectivity index (χ1) is 10.8. The lowest BCUT2D eigenvalue weighted by Gasteiger charge is -2.26. The summed E-state index contributed by atoms with van der Waals surface area (Å²) in [6, 6.07) is 8.34. The van der Waals surface area contributed by atoms with Crippen LogP contribution in [0, 0.1) is 5.92 Å². The Morgan fingerprint density at radius 1 is 1.09 bits per heavy atom. The molecule has 0 spiro atoms. The minimum absolute atomic E-state index is 0.645. The van der Waals surface area contributed by atoms with E-state index in [0.29, 0.717) is 5.92 Å². The average molecular weight is 318 g/mol. The smallest absolute Gasteiger partial charge is 0.156 e. The first kappa shape index (κ1) is 17.9. The molecule has 0 N–H and O–H groups in total. The van der Waals surface area contributed by atoms with Crippen LogP contribution in [0.2, 0.25) is 0 Å². The molecule has 1 aromatic carbocycles. The van der Waals surface area contributed by atoms with E-state index in [0.717, 1.165) is 17.1 Å². The van der Waals surface area contributed by atoms with E-state index in [2.05, 4.69) is 19.1 Å². The van der Waals surface area contributed by atoms with Crippen molar-refractivity contribution in [3.05, 3.63) is 53.4 Å². The maximum Gasteiger partial charge on any atom is 0.156 e. The van der Waals surface area contributed by atoms with Gasteiger partial charge in [0.15, 0.2) is 5.67 Å². The molecule has 1 fully saturated rings. The number of rotatable bonds is 4. The second kappa shape index (κ2) is 7.42. The van der Waals surface area contributed by atoms with Gasteiger partial charge < -0.3 is 0 Å². The van der Waals surface area contributed by atoms with Crippen LogP contribution in [0.4, 0.5) is 8.78 Å². The van der Waals surface area contributed by atoms with Gasteiger partial charge in [-0.1, -0.05) is 50.1 Å². The van der Waals surface area contributed by atoms with Crippen molar-refractivity contribution in [2.24, 2.45) is 5.92 Å². The second-order valence-electron chi connectivity index (χ2n) is 7.29. The first-order valence-electron chi connectivity index (χ1n) is 8.64. The van der Waals surface area contributed by atoms with Crippen LogP contribution < -0.4 is 0 Å². The largest absolute Gasteiger partial charge is 0.237 e. The molecule has 2 rings (SSSR count). The van der Waals surface area contributed by atoms with Gasteiger partial charge in [0.1, 0.15) is 5.83 Å². The van der Waals surface area contributed by atoms with Crippen molar-refractivity contribution in [3.63, 3.8) is 0 Å². The fourth-order valence-corrected chi connectivity index (χ4v) is 3.18. The molecule has 0 amide bonds. The molecule has 0 nitrogen and oxygen atoms in total. The van der Waals surface area contributed by atoms with E-state index in [9.17, 15) is 8.78 Å². The molecule has 0 heterocycles. The van der Waals surface area contributed by atoms with Gasteiger partial charge in [-0.3, -0.25) is 0 Å². The Kier molecular flexibility index (Phi) is 5.78. The summed E-state index contributed by atoms with van der Waals surface area (Å²) < 4.78 is 27.5. The number of allylic oxidation sites excluding steroid dienone is 4. The molecular weight excluding hydrogens is 290 g/mol. The number of benzene rings is 1. The van der Waals surface area contributed by atoms with Crippen LogP contribution in [0.5, 0.6) is 0 Å². The third-order valence-corrected chi connectivity index (χ3v) is 4.89. The molecule has 126 valence electrons. The highest BCUT2D eigenvalue weighted by Crippen LogP contribution is 2.36. The van der Waals surface area contributed by atoms with Crippen molar-refractivity contribution in [1.82, 2.24) is 0 Å². The summed E-state index contributed by atoms with van der Waals surface area (Å²) in [5.74, 6) is 0.750. The topological polar surface area (TPSA) is 0 Å². The Bertz CT molecular complexity index is 565. The van der Waals surface area contributed by atoms with Crippen LogP contribution in [0.15, 0.2) is 42.2 Å². The summed E-state index contributed by atoms with van der Waals surface area (Å²) in [4.78, 5) is 0. The Labute approximate surface area is 139 Å². The van der Waals surface area contributed by atoms with E-state index in [1.54, 1.807) is 0 Å². The highest BCUT2D eigenvalue weighted by atomic mass is 19.2. The van der Waals surface area contributed by atoms with Crippen molar-refractivity contribution in [2.45, 2.75) is 65.0 Å². The summed E-state index contributed by atoms with van der Waals surface area (Å²) in [5, 5.41) is 0. The lowest BCUT2D eigenvalue weighted by atomic mass is 9.79. The Hall–Kier alpha value is -1.44. The van der Waals surface area contributed by atoms with Crippen LogP contribution in [0.3, 0.4) is 0 Å². The van der Waals surface area contributed by atoms with E-state index in [4.69, 9.17) is 0 Å². The molecule has 1 saturated carbocycles. The van der Waals surface area contributed by atoms with Crippen molar-refractivity contribution in [3.8, 4) is 0 Å². The predicted octanol–water partition coefficient (Wildman–Crippen LogP) is 6.99. The van der Waals surface area contributed by atoms with Gasteiger partial charge in [-0.2, -0.15) is 0 Å². The highest BCUT2D eigenvalue weighted by Gasteiger charge is 2.23. The van der Waals surface area contributed by atoms with Gasteiger partial charge in [0, 0.05) is 0 Å². The maximum atomic E-state index is 13.9. The fourth-order valence-electron chi connectivity index (χ4n) is 3.18. The minimum atomic E-state index is -1.94. The zero-order chi connectivity index (χ0) is 17.0. The monoisotopic (exact) mass is 318 g/mol. The summed E-state index contributed by atoms with van der Waals surface area (Å²) in [6.07, 6.45) is 8.22. The predicted molar refractivity (Wildman–Crippen MR) is 94.8 cm³/mol. The highest BCUT2D eigenvalue weighted by molar-refractivity contribution is 5.74. The van der Waals surface area contributed by atoms with Crippen LogP contribution >= 0.6 is 0 Å². The Balaban J connectivity index is 2.15. The van der Waals surface area contributed by atoms with Gasteiger partial charge in [-0.05, 0) is 68.2 Å². The van der Waals surface area contributed by atoms with Crippen molar-refractivity contribution in [1.29, 1.82) is 0 Å². The summed E-state index contributed by atoms with van der Waals surface area (Å²) in [7, 11) is 0. The number of alkyl halides is 1. The van der Waals surface area contributed by atoms with Gasteiger partial charge in [0.2, 0.25) is 0 Å². The summed E-state index contributed by atoms with van der Waals surface area (Å²) in [5.41, 5.74) is 1.08. The molecule has 2 heteroatoms. The molecule has 1 aliphatic rings. The molecule has 0 atom stereocenters. The standard InChI is InChI=1S/C21H28F2/c1-5-16(14-20(22)21(3,4)23)17-10-12-19(13-11-17)18-8-6-15(2)7-9-18/h5,10-15,18H,6-9H2,1-4H3/b16-5+,20-14+. The third-order valence-electron chi connectivity index (χ3n) is 4.89. The Morgan fingerprint density at radius 2 is 1.65 bits per heavy atom. The number of halogens is 2. The second-order valence-corrected chi connectivity index (χ2v) is 7.29. The fraction of sp³-hybridized carbons (Fsp3) is 0.524. The van der Waals surface area contributed by atoms with E-state index in [1.165, 1.54) is 51.2 Å². The molecule has 1 aromatic rings.